The lowest BCUT2D eigenvalue weighted by Gasteiger charge is -2.09. The number of esters is 1. The van der Waals surface area contributed by atoms with Crippen molar-refractivity contribution in [2.24, 2.45) is 0 Å². The van der Waals surface area contributed by atoms with Crippen molar-refractivity contribution in [2.75, 3.05) is 27.4 Å². The molecule has 0 aliphatic rings. The first kappa shape index (κ1) is 19.9. The summed E-state index contributed by atoms with van der Waals surface area (Å²) in [4.78, 5) is 35.7. The number of ether oxygens (including phenoxy) is 3. The number of nitrogens with one attached hydrogen (secondary N) is 1. The molecule has 0 saturated carbocycles. The smallest absolute Gasteiger partial charge is 0.325 e. The number of amides is 1. The number of benzene rings is 2. The van der Waals surface area contributed by atoms with Crippen LogP contribution >= 0.6 is 0 Å². The zero-order valence-electron chi connectivity index (χ0n) is 14.8. The van der Waals surface area contributed by atoms with Gasteiger partial charge in [-0.1, -0.05) is 0 Å². The van der Waals surface area contributed by atoms with Gasteiger partial charge in [-0.2, -0.15) is 0 Å². The Hall–Kier alpha value is -3.42. The van der Waals surface area contributed by atoms with Crippen LogP contribution in [0.5, 0.6) is 11.5 Å². The summed E-state index contributed by atoms with van der Waals surface area (Å²) in [6, 6.07) is 9.44. The van der Waals surface area contributed by atoms with Crippen LogP contribution in [0.2, 0.25) is 0 Å². The predicted octanol–water partition coefficient (Wildman–Crippen LogP) is 2.00. The molecule has 0 unspecified atom stereocenters. The van der Waals surface area contributed by atoms with Crippen molar-refractivity contribution in [3.05, 3.63) is 59.4 Å². The average Bonchev–Trinajstić information content (AvgIpc) is 2.70. The molecule has 0 heterocycles. The topological polar surface area (TPSA) is 90.9 Å². The van der Waals surface area contributed by atoms with Crippen LogP contribution in [0, 0.1) is 5.82 Å². The van der Waals surface area contributed by atoms with Gasteiger partial charge in [0, 0.05) is 17.2 Å². The molecule has 8 heteroatoms. The highest BCUT2D eigenvalue weighted by Crippen LogP contribution is 2.22. The Morgan fingerprint density at radius 2 is 1.52 bits per heavy atom. The summed E-state index contributed by atoms with van der Waals surface area (Å²) in [5.74, 6) is -1.42. The van der Waals surface area contributed by atoms with Crippen LogP contribution in [-0.2, 0) is 9.53 Å². The van der Waals surface area contributed by atoms with E-state index in [-0.39, 0.29) is 11.1 Å². The average molecular weight is 375 g/mol. The van der Waals surface area contributed by atoms with Crippen molar-refractivity contribution in [1.82, 2.24) is 5.32 Å². The predicted molar refractivity (Wildman–Crippen MR) is 93.6 cm³/mol. The highest BCUT2D eigenvalue weighted by Gasteiger charge is 2.14. The maximum absolute atomic E-state index is 12.8. The minimum absolute atomic E-state index is 0.219. The molecule has 0 spiro atoms. The highest BCUT2D eigenvalue weighted by molar-refractivity contribution is 5.99. The Labute approximate surface area is 155 Å². The van der Waals surface area contributed by atoms with Crippen LogP contribution in [-0.4, -0.2) is 45.0 Å². The Morgan fingerprint density at radius 3 is 2.07 bits per heavy atom. The molecule has 2 aromatic carbocycles. The van der Waals surface area contributed by atoms with Gasteiger partial charge in [-0.3, -0.25) is 14.4 Å². The van der Waals surface area contributed by atoms with Gasteiger partial charge < -0.3 is 19.5 Å². The fourth-order valence-corrected chi connectivity index (χ4v) is 2.11. The number of hydrogen-bond acceptors (Lipinski definition) is 6. The minimum atomic E-state index is -0.784. The van der Waals surface area contributed by atoms with Gasteiger partial charge in [0.2, 0.25) is 0 Å². The van der Waals surface area contributed by atoms with Crippen molar-refractivity contribution in [3.8, 4) is 11.5 Å². The standard InChI is InChI=1S/C19H18FNO6/c1-25-15-7-13(8-16(9-15)26-2)19(24)21-10-18(23)27-11-17(22)12-3-5-14(20)6-4-12/h3-9H,10-11H2,1-2H3,(H,21,24). The second kappa shape index (κ2) is 9.33. The minimum Gasteiger partial charge on any atom is -0.497 e. The van der Waals surface area contributed by atoms with Gasteiger partial charge in [0.25, 0.3) is 5.91 Å². The molecule has 2 rings (SSSR count). The van der Waals surface area contributed by atoms with Gasteiger partial charge in [-0.15, -0.1) is 0 Å². The highest BCUT2D eigenvalue weighted by atomic mass is 19.1. The van der Waals surface area contributed by atoms with Crippen molar-refractivity contribution < 1.29 is 33.0 Å². The maximum Gasteiger partial charge on any atom is 0.325 e. The second-order valence-electron chi connectivity index (χ2n) is 5.37. The summed E-state index contributed by atoms with van der Waals surface area (Å²) in [5, 5.41) is 2.39. The summed E-state index contributed by atoms with van der Waals surface area (Å²) >= 11 is 0. The molecule has 0 radical (unpaired) electrons. The Balaban J connectivity index is 1.85. The summed E-state index contributed by atoms with van der Waals surface area (Å²) < 4.78 is 27.8. The van der Waals surface area contributed by atoms with E-state index in [1.165, 1.54) is 38.5 Å². The van der Waals surface area contributed by atoms with Crippen LogP contribution in [0.15, 0.2) is 42.5 Å². The van der Waals surface area contributed by atoms with E-state index in [1.54, 1.807) is 6.07 Å². The van der Waals surface area contributed by atoms with Crippen LogP contribution in [0.25, 0.3) is 0 Å². The van der Waals surface area contributed by atoms with Gasteiger partial charge in [-0.25, -0.2) is 4.39 Å². The normalized spacial score (nSPS) is 10.0. The third kappa shape index (κ3) is 5.81. The molecular weight excluding hydrogens is 357 g/mol. The molecule has 0 fully saturated rings. The molecule has 1 amide bonds. The Kier molecular flexibility index (Phi) is 6.87. The third-order valence-electron chi connectivity index (χ3n) is 3.54. The van der Waals surface area contributed by atoms with E-state index in [9.17, 15) is 18.8 Å². The zero-order valence-corrected chi connectivity index (χ0v) is 14.8. The van der Waals surface area contributed by atoms with Crippen LogP contribution in [0.3, 0.4) is 0 Å². The molecule has 0 saturated heterocycles. The van der Waals surface area contributed by atoms with Crippen molar-refractivity contribution in [3.63, 3.8) is 0 Å². The van der Waals surface area contributed by atoms with E-state index in [0.29, 0.717) is 11.5 Å². The number of methoxy groups -OCH3 is 2. The lowest BCUT2D eigenvalue weighted by atomic mass is 10.1. The third-order valence-corrected chi connectivity index (χ3v) is 3.54. The summed E-state index contributed by atoms with van der Waals surface area (Å²) in [5.41, 5.74) is 0.457. The molecule has 1 N–H and O–H groups in total. The number of hydrogen-bond donors (Lipinski definition) is 1. The van der Waals surface area contributed by atoms with Crippen molar-refractivity contribution in [1.29, 1.82) is 0 Å². The van der Waals surface area contributed by atoms with E-state index < -0.39 is 36.6 Å². The largest absolute Gasteiger partial charge is 0.497 e. The monoisotopic (exact) mass is 375 g/mol. The Morgan fingerprint density at radius 1 is 0.926 bits per heavy atom. The lowest BCUT2D eigenvalue weighted by Crippen LogP contribution is -2.31. The van der Waals surface area contributed by atoms with Gasteiger partial charge in [0.1, 0.15) is 23.9 Å². The summed E-state index contributed by atoms with van der Waals surface area (Å²) in [6.07, 6.45) is 0. The number of ketones is 1. The molecule has 0 aliphatic heterocycles. The Bertz CT molecular complexity index is 812. The fraction of sp³-hybridized carbons (Fsp3) is 0.211. The van der Waals surface area contributed by atoms with Gasteiger partial charge >= 0.3 is 5.97 Å². The number of carbonyl (C=O) groups is 3. The van der Waals surface area contributed by atoms with E-state index in [0.717, 1.165) is 12.1 Å². The molecule has 142 valence electrons. The van der Waals surface area contributed by atoms with E-state index >= 15 is 0 Å². The second-order valence-corrected chi connectivity index (χ2v) is 5.37. The molecule has 7 nitrogen and oxygen atoms in total. The van der Waals surface area contributed by atoms with Gasteiger partial charge in [0.05, 0.1) is 14.2 Å². The van der Waals surface area contributed by atoms with Crippen LogP contribution in [0.4, 0.5) is 4.39 Å². The number of rotatable bonds is 8. The molecule has 2 aromatic rings. The zero-order chi connectivity index (χ0) is 19.8. The summed E-state index contributed by atoms with van der Waals surface area (Å²) in [7, 11) is 2.90. The molecule has 0 aromatic heterocycles. The fourth-order valence-electron chi connectivity index (χ4n) is 2.11. The molecular formula is C19H18FNO6. The SMILES string of the molecule is COc1cc(OC)cc(C(=O)NCC(=O)OCC(=O)c2ccc(F)cc2)c1. The van der Waals surface area contributed by atoms with E-state index in [2.05, 4.69) is 5.32 Å². The van der Waals surface area contributed by atoms with Crippen LogP contribution in [0.1, 0.15) is 20.7 Å². The molecule has 0 atom stereocenters. The maximum atomic E-state index is 12.8. The van der Waals surface area contributed by atoms with Gasteiger partial charge in [0.15, 0.2) is 12.4 Å². The van der Waals surface area contributed by atoms with Crippen molar-refractivity contribution in [2.45, 2.75) is 0 Å². The van der Waals surface area contributed by atoms with Crippen molar-refractivity contribution >= 4 is 17.7 Å². The number of halogens is 1. The van der Waals surface area contributed by atoms with E-state index in [4.69, 9.17) is 14.2 Å². The summed E-state index contributed by atoms with van der Waals surface area (Å²) in [6.45, 7) is -0.928. The van der Waals surface area contributed by atoms with E-state index in [1.807, 2.05) is 0 Å². The lowest BCUT2D eigenvalue weighted by molar-refractivity contribution is -0.141. The molecule has 0 bridgehead atoms. The number of Topliss-reactive ketones (excluding diaryl/α,β-unsaturated/α-hetero) is 1. The van der Waals surface area contributed by atoms with Gasteiger partial charge in [-0.05, 0) is 36.4 Å². The molecule has 27 heavy (non-hydrogen) atoms. The first-order valence-corrected chi connectivity index (χ1v) is 7.88. The van der Waals surface area contributed by atoms with Crippen LogP contribution < -0.4 is 14.8 Å². The first-order valence-electron chi connectivity index (χ1n) is 7.88. The molecule has 0 aliphatic carbocycles. The quantitative estimate of drug-likeness (QED) is 0.561. The number of carbonyl (C=O) groups excluding carboxylic acids is 3. The first-order chi connectivity index (χ1) is 12.9.